The number of para-hydroxylation sites is 2. The molecule has 0 fully saturated rings. The van der Waals surface area contributed by atoms with Crippen molar-refractivity contribution in [1.29, 1.82) is 0 Å². The molecule has 2 aromatic carbocycles. The zero-order chi connectivity index (χ0) is 28.4. The maximum Gasteiger partial charge on any atom is 0.216 e. The van der Waals surface area contributed by atoms with Crippen molar-refractivity contribution in [2.75, 3.05) is 27.4 Å². The number of rotatable bonds is 12. The van der Waals surface area contributed by atoms with Gasteiger partial charge in [-0.1, -0.05) is 29.8 Å². The highest BCUT2D eigenvalue weighted by Crippen LogP contribution is 2.36. The number of tetrazole rings is 2. The molecule has 6 rings (SSSR count). The van der Waals surface area contributed by atoms with Crippen molar-refractivity contribution in [3.05, 3.63) is 47.5 Å². The van der Waals surface area contributed by atoms with Crippen molar-refractivity contribution in [2.24, 2.45) is 0 Å². The van der Waals surface area contributed by atoms with E-state index < -0.39 is 0 Å². The van der Waals surface area contributed by atoms with Crippen LogP contribution in [0.15, 0.2) is 61.5 Å². The summed E-state index contributed by atoms with van der Waals surface area (Å²) in [5.41, 5.74) is 1.84. The minimum Gasteiger partial charge on any atom is -0.385 e. The van der Waals surface area contributed by atoms with E-state index in [1.807, 2.05) is 36.4 Å². The average molecular weight is 649 g/mol. The fourth-order valence-electron chi connectivity index (χ4n) is 3.53. The minimum absolute atomic E-state index is 0.662. The smallest absolute Gasteiger partial charge is 0.216 e. The standard InChI is InChI=1S/C12H12ClN5OS2.C12H13N5OS2/c1-19-7-3-6-18-11(15-16-17-18)21-12-14-10-8(13)4-2-5-9(10)20-12;1-18-8-4-7-17-11(14-15-16-17)20-12-13-9-5-2-3-6-10(9)19-12/h2,4-5H,3,6-7H2,1H3;2-3,5-6H,4,7-8H2,1H3. The van der Waals surface area contributed by atoms with Crippen LogP contribution in [0.2, 0.25) is 5.02 Å². The lowest BCUT2D eigenvalue weighted by Gasteiger charge is -2.01. The van der Waals surface area contributed by atoms with Crippen LogP contribution in [0.4, 0.5) is 0 Å². The van der Waals surface area contributed by atoms with Crippen LogP contribution in [-0.4, -0.2) is 77.8 Å². The second-order valence-corrected chi connectivity index (χ2v) is 13.2. The summed E-state index contributed by atoms with van der Waals surface area (Å²) in [6, 6.07) is 13.9. The molecule has 0 aliphatic carbocycles. The topological polar surface area (TPSA) is 131 Å². The largest absolute Gasteiger partial charge is 0.385 e. The predicted octanol–water partition coefficient (Wildman–Crippen LogP) is 5.59. The maximum atomic E-state index is 6.14. The van der Waals surface area contributed by atoms with Crippen molar-refractivity contribution < 1.29 is 9.47 Å². The van der Waals surface area contributed by atoms with Crippen molar-refractivity contribution in [3.63, 3.8) is 0 Å². The highest BCUT2D eigenvalue weighted by molar-refractivity contribution is 8.01. The number of aryl methyl sites for hydroxylation is 2. The lowest BCUT2D eigenvalue weighted by molar-refractivity contribution is 0.187. The van der Waals surface area contributed by atoms with Gasteiger partial charge >= 0.3 is 0 Å². The van der Waals surface area contributed by atoms with Gasteiger partial charge in [0.15, 0.2) is 8.68 Å². The third-order valence-corrected chi connectivity index (χ3v) is 9.85. The molecule has 0 amide bonds. The number of halogens is 1. The van der Waals surface area contributed by atoms with E-state index in [1.165, 1.54) is 28.2 Å². The fraction of sp³-hybridized carbons (Fsp3) is 0.333. The van der Waals surface area contributed by atoms with Gasteiger partial charge in [-0.15, -0.1) is 32.9 Å². The fourth-order valence-corrected chi connectivity index (χ4v) is 7.75. The number of fused-ring (bicyclic) bond motifs is 2. The van der Waals surface area contributed by atoms with E-state index in [2.05, 4.69) is 47.1 Å². The lowest BCUT2D eigenvalue weighted by Crippen LogP contribution is -2.04. The van der Waals surface area contributed by atoms with Gasteiger partial charge in [-0.05, 0) is 81.5 Å². The van der Waals surface area contributed by atoms with Crippen molar-refractivity contribution in [1.82, 2.24) is 50.4 Å². The Bertz CT molecular complexity index is 1650. The summed E-state index contributed by atoms with van der Waals surface area (Å²) in [5, 5.41) is 25.7. The summed E-state index contributed by atoms with van der Waals surface area (Å²) in [6.45, 7) is 2.84. The normalized spacial score (nSPS) is 11.3. The summed E-state index contributed by atoms with van der Waals surface area (Å²) in [4.78, 5) is 9.11. The van der Waals surface area contributed by atoms with Gasteiger partial charge in [0.2, 0.25) is 10.3 Å². The van der Waals surface area contributed by atoms with Crippen LogP contribution in [0, 0.1) is 0 Å². The monoisotopic (exact) mass is 648 g/mol. The van der Waals surface area contributed by atoms with Crippen molar-refractivity contribution in [2.45, 2.75) is 44.9 Å². The third-order valence-electron chi connectivity index (χ3n) is 5.42. The van der Waals surface area contributed by atoms with Gasteiger partial charge in [-0.25, -0.2) is 19.3 Å². The number of hydrogen-bond donors (Lipinski definition) is 0. The summed E-state index contributed by atoms with van der Waals surface area (Å²) >= 11 is 12.3. The number of hydrogen-bond acceptors (Lipinski definition) is 14. The minimum atomic E-state index is 0.662. The van der Waals surface area contributed by atoms with Gasteiger partial charge < -0.3 is 9.47 Å². The van der Waals surface area contributed by atoms with E-state index in [0.29, 0.717) is 18.2 Å². The molecule has 17 heteroatoms. The molecule has 0 N–H and O–H groups in total. The van der Waals surface area contributed by atoms with Crippen LogP contribution < -0.4 is 0 Å². The first-order chi connectivity index (χ1) is 20.1. The molecule has 12 nitrogen and oxygen atoms in total. The quantitative estimate of drug-likeness (QED) is 0.153. The molecular formula is C24H25ClN10O2S4. The van der Waals surface area contributed by atoms with E-state index >= 15 is 0 Å². The molecule has 0 aliphatic heterocycles. The molecule has 41 heavy (non-hydrogen) atoms. The van der Waals surface area contributed by atoms with E-state index in [0.717, 1.165) is 60.7 Å². The maximum absolute atomic E-state index is 6.14. The van der Waals surface area contributed by atoms with E-state index in [-0.39, 0.29) is 0 Å². The molecule has 4 aromatic heterocycles. The van der Waals surface area contributed by atoms with Gasteiger partial charge in [-0.3, -0.25) is 0 Å². The molecule has 0 radical (unpaired) electrons. The van der Waals surface area contributed by atoms with Crippen LogP contribution in [0.1, 0.15) is 12.8 Å². The number of methoxy groups -OCH3 is 2. The Labute approximate surface area is 256 Å². The average Bonchev–Trinajstić information content (AvgIpc) is 3.77. The predicted molar refractivity (Wildman–Crippen MR) is 161 cm³/mol. The molecule has 0 saturated carbocycles. The van der Waals surface area contributed by atoms with Crippen LogP contribution in [-0.2, 0) is 22.6 Å². The SMILES string of the molecule is COCCCn1nnnc1Sc1nc2c(Cl)cccc2s1.COCCCn1nnnc1Sc1nc2ccccc2s1. The molecule has 0 unspecified atom stereocenters. The first kappa shape index (κ1) is 29.8. The second-order valence-electron chi connectivity index (χ2n) is 8.28. The highest BCUT2D eigenvalue weighted by Gasteiger charge is 2.14. The zero-order valence-corrected chi connectivity index (χ0v) is 26.1. The number of thiazole rings is 2. The number of benzene rings is 2. The summed E-state index contributed by atoms with van der Waals surface area (Å²) in [5.74, 6) is 0. The summed E-state index contributed by atoms with van der Waals surface area (Å²) in [7, 11) is 3.37. The van der Waals surface area contributed by atoms with Crippen molar-refractivity contribution in [3.8, 4) is 0 Å². The molecule has 0 atom stereocenters. The zero-order valence-electron chi connectivity index (χ0n) is 22.1. The van der Waals surface area contributed by atoms with E-state index in [4.69, 9.17) is 21.1 Å². The molecule has 0 aliphatic rings. The molecule has 0 bridgehead atoms. The summed E-state index contributed by atoms with van der Waals surface area (Å²) < 4.78 is 17.7. The molecule has 0 spiro atoms. The van der Waals surface area contributed by atoms with Crippen LogP contribution in [0.25, 0.3) is 20.4 Å². The Kier molecular flexibility index (Phi) is 10.8. The second kappa shape index (κ2) is 14.9. The lowest BCUT2D eigenvalue weighted by atomic mass is 10.3. The first-order valence-electron chi connectivity index (χ1n) is 12.4. The van der Waals surface area contributed by atoms with Crippen LogP contribution in [0.3, 0.4) is 0 Å². The van der Waals surface area contributed by atoms with Gasteiger partial charge in [0.1, 0.15) is 5.52 Å². The Morgan fingerprint density at radius 1 is 0.756 bits per heavy atom. The van der Waals surface area contributed by atoms with Gasteiger partial charge in [-0.2, -0.15) is 0 Å². The Morgan fingerprint density at radius 3 is 1.95 bits per heavy atom. The summed E-state index contributed by atoms with van der Waals surface area (Å²) in [6.07, 6.45) is 1.75. The third kappa shape index (κ3) is 7.97. The molecule has 214 valence electrons. The van der Waals surface area contributed by atoms with E-state index in [9.17, 15) is 0 Å². The molecule has 4 heterocycles. The molecular weight excluding hydrogens is 624 g/mol. The first-order valence-corrected chi connectivity index (χ1v) is 16.1. The Morgan fingerprint density at radius 2 is 1.34 bits per heavy atom. The van der Waals surface area contributed by atoms with Crippen molar-refractivity contribution >= 4 is 78.2 Å². The Balaban J connectivity index is 0.000000165. The van der Waals surface area contributed by atoms with Gasteiger partial charge in [0, 0.05) is 40.5 Å². The number of nitrogens with zero attached hydrogens (tertiary/aromatic N) is 10. The molecule has 6 aromatic rings. The molecule has 0 saturated heterocycles. The van der Waals surface area contributed by atoms with Crippen LogP contribution >= 0.6 is 57.8 Å². The van der Waals surface area contributed by atoms with Gasteiger partial charge in [0.25, 0.3) is 0 Å². The Hall–Kier alpha value is -2.73. The number of aromatic nitrogens is 10. The highest BCUT2D eigenvalue weighted by atomic mass is 35.5. The number of ether oxygens (including phenoxy) is 2. The van der Waals surface area contributed by atoms with Gasteiger partial charge in [0.05, 0.1) is 19.9 Å². The van der Waals surface area contributed by atoms with E-state index in [1.54, 1.807) is 46.3 Å². The van der Waals surface area contributed by atoms with Crippen LogP contribution in [0.5, 0.6) is 0 Å².